The summed E-state index contributed by atoms with van der Waals surface area (Å²) in [6.07, 6.45) is 10.8. The molecule has 2 aromatic rings. The molecule has 40 heavy (non-hydrogen) atoms. The van der Waals surface area contributed by atoms with E-state index in [9.17, 15) is 9.90 Å². The minimum Gasteiger partial charge on any atom is -0.497 e. The number of hydrogen-bond acceptors (Lipinski definition) is 7. The topological polar surface area (TPSA) is 95.7 Å². The Bertz CT molecular complexity index is 1260. The Balaban J connectivity index is 1.24. The maximum atomic E-state index is 14.0. The highest BCUT2D eigenvalue weighted by Crippen LogP contribution is 2.69. The Morgan fingerprint density at radius 2 is 1.85 bits per heavy atom. The van der Waals surface area contributed by atoms with Gasteiger partial charge in [-0.3, -0.25) is 4.79 Å². The Labute approximate surface area is 238 Å². The predicted molar refractivity (Wildman–Crippen MR) is 152 cm³/mol. The van der Waals surface area contributed by atoms with E-state index < -0.39 is 5.60 Å². The molecule has 0 radical (unpaired) electrons. The molecule has 4 saturated carbocycles. The van der Waals surface area contributed by atoms with Gasteiger partial charge in [0.15, 0.2) is 17.0 Å². The van der Waals surface area contributed by atoms with Gasteiger partial charge >= 0.3 is 0 Å². The fourth-order valence-electron chi connectivity index (χ4n) is 10.2. The van der Waals surface area contributed by atoms with Crippen LogP contribution in [-0.2, 0) is 16.1 Å². The fraction of sp³-hybridized carbons (Fsp3) is 0.781. The molecule has 220 valence electrons. The van der Waals surface area contributed by atoms with Crippen molar-refractivity contribution in [1.82, 2.24) is 15.0 Å². The molecule has 0 spiro atoms. The quantitative estimate of drug-likeness (QED) is 0.465. The van der Waals surface area contributed by atoms with Crippen LogP contribution in [0.25, 0.3) is 11.0 Å². The number of carbonyl (C=O) groups excluding carboxylic acids is 1. The van der Waals surface area contributed by atoms with Gasteiger partial charge in [-0.15, -0.1) is 5.10 Å². The highest BCUT2D eigenvalue weighted by Gasteiger charge is 2.62. The van der Waals surface area contributed by atoms with Crippen LogP contribution in [0.15, 0.2) is 12.1 Å². The van der Waals surface area contributed by atoms with E-state index in [1.807, 2.05) is 20.1 Å². The molecule has 1 aromatic heterocycles. The molecule has 4 aliphatic rings. The van der Waals surface area contributed by atoms with Crippen molar-refractivity contribution in [2.75, 3.05) is 27.9 Å². The standard InChI is InChI=1S/C32H47N3O5/c1-30(37)12-13-32(14-15-38-3)20(18-30)6-7-22-23-8-9-25(31(23,2)11-10-24(22)32)27(36)19-35-26-16-21(39-4)17-28(40-5)29(26)33-34-35/h16-17,20,22-25,37H,6-15,18-19H2,1-5H3/t20-,22-,23-,24-,25+,30+,31-,32+/m0/s1. The van der Waals surface area contributed by atoms with Crippen LogP contribution < -0.4 is 9.47 Å². The number of hydrogen-bond donors (Lipinski definition) is 1. The summed E-state index contributed by atoms with van der Waals surface area (Å²) in [5, 5.41) is 19.7. The molecular weight excluding hydrogens is 506 g/mol. The number of ketones is 1. The van der Waals surface area contributed by atoms with E-state index in [1.165, 1.54) is 19.3 Å². The van der Waals surface area contributed by atoms with Gasteiger partial charge in [0.05, 0.1) is 25.3 Å². The van der Waals surface area contributed by atoms with Crippen LogP contribution in [0.4, 0.5) is 0 Å². The van der Waals surface area contributed by atoms with E-state index in [-0.39, 0.29) is 29.1 Å². The first-order valence-electron chi connectivity index (χ1n) is 15.3. The van der Waals surface area contributed by atoms with Crippen molar-refractivity contribution >= 4 is 16.8 Å². The van der Waals surface area contributed by atoms with Crippen molar-refractivity contribution in [3.8, 4) is 11.5 Å². The number of benzene rings is 1. The molecule has 4 fully saturated rings. The minimum absolute atomic E-state index is 0.0272. The first-order valence-corrected chi connectivity index (χ1v) is 15.3. The lowest BCUT2D eigenvalue weighted by Gasteiger charge is -2.63. The monoisotopic (exact) mass is 553 g/mol. The summed E-state index contributed by atoms with van der Waals surface area (Å²) >= 11 is 0. The first kappa shape index (κ1) is 28.0. The van der Waals surface area contributed by atoms with Crippen LogP contribution in [-0.4, -0.2) is 59.4 Å². The van der Waals surface area contributed by atoms with Crippen LogP contribution in [0.2, 0.25) is 0 Å². The van der Waals surface area contributed by atoms with Crippen LogP contribution in [0.5, 0.6) is 11.5 Å². The average Bonchev–Trinajstić information content (AvgIpc) is 3.51. The number of carbonyl (C=O) groups is 1. The summed E-state index contributed by atoms with van der Waals surface area (Å²) in [5.41, 5.74) is 1.17. The number of methoxy groups -OCH3 is 3. The maximum absolute atomic E-state index is 14.0. The lowest BCUT2D eigenvalue weighted by Crippen LogP contribution is -2.57. The summed E-state index contributed by atoms with van der Waals surface area (Å²) in [7, 11) is 5.05. The second-order valence-electron chi connectivity index (χ2n) is 13.9. The molecule has 8 atom stereocenters. The van der Waals surface area contributed by atoms with Gasteiger partial charge in [0.1, 0.15) is 12.3 Å². The van der Waals surface area contributed by atoms with E-state index in [0.29, 0.717) is 40.7 Å². The summed E-state index contributed by atoms with van der Waals surface area (Å²) in [4.78, 5) is 14.0. The second kappa shape index (κ2) is 10.3. The van der Waals surface area contributed by atoms with Gasteiger partial charge in [-0.2, -0.15) is 0 Å². The third-order valence-corrected chi connectivity index (χ3v) is 12.1. The largest absolute Gasteiger partial charge is 0.497 e. The van der Waals surface area contributed by atoms with Crippen molar-refractivity contribution in [3.63, 3.8) is 0 Å². The molecule has 0 amide bonds. The Hall–Kier alpha value is -2.19. The molecular formula is C32H47N3O5. The Kier molecular flexibility index (Phi) is 7.17. The summed E-state index contributed by atoms with van der Waals surface area (Å²) < 4.78 is 18.3. The zero-order valence-electron chi connectivity index (χ0n) is 24.9. The lowest BCUT2D eigenvalue weighted by molar-refractivity contribution is -0.163. The van der Waals surface area contributed by atoms with Gasteiger partial charge in [0, 0.05) is 31.8 Å². The normalized spacial score (nSPS) is 38.9. The number of nitrogens with zero attached hydrogens (tertiary/aromatic N) is 3. The van der Waals surface area contributed by atoms with Crippen molar-refractivity contribution < 1.29 is 24.1 Å². The van der Waals surface area contributed by atoms with E-state index >= 15 is 0 Å². The summed E-state index contributed by atoms with van der Waals surface area (Å²) in [5.74, 6) is 4.06. The van der Waals surface area contributed by atoms with Crippen LogP contribution in [0.1, 0.15) is 78.1 Å². The summed E-state index contributed by atoms with van der Waals surface area (Å²) in [6.45, 7) is 5.47. The maximum Gasteiger partial charge on any atom is 0.157 e. The van der Waals surface area contributed by atoms with Crippen molar-refractivity contribution in [3.05, 3.63) is 12.1 Å². The molecule has 0 aliphatic heterocycles. The number of aliphatic hydroxyl groups is 1. The van der Waals surface area contributed by atoms with E-state index in [4.69, 9.17) is 14.2 Å². The molecule has 0 bridgehead atoms. The van der Waals surface area contributed by atoms with E-state index in [1.54, 1.807) is 25.0 Å². The third kappa shape index (κ3) is 4.36. The van der Waals surface area contributed by atoms with Crippen LogP contribution in [0, 0.1) is 40.4 Å². The third-order valence-electron chi connectivity index (χ3n) is 12.1. The number of ether oxygens (including phenoxy) is 3. The summed E-state index contributed by atoms with van der Waals surface area (Å²) in [6, 6.07) is 3.68. The van der Waals surface area contributed by atoms with Gasteiger partial charge < -0.3 is 19.3 Å². The Morgan fingerprint density at radius 3 is 2.60 bits per heavy atom. The molecule has 0 saturated heterocycles. The highest BCUT2D eigenvalue weighted by molar-refractivity contribution is 5.86. The van der Waals surface area contributed by atoms with Crippen molar-refractivity contribution in [2.24, 2.45) is 40.4 Å². The van der Waals surface area contributed by atoms with Gasteiger partial charge in [0.25, 0.3) is 0 Å². The molecule has 4 aliphatic carbocycles. The van der Waals surface area contributed by atoms with Crippen molar-refractivity contribution in [1.29, 1.82) is 0 Å². The molecule has 1 heterocycles. The second-order valence-corrected chi connectivity index (χ2v) is 13.9. The predicted octanol–water partition coefficient (Wildman–Crippen LogP) is 5.44. The molecule has 1 aromatic carbocycles. The van der Waals surface area contributed by atoms with Crippen molar-refractivity contribution in [2.45, 2.75) is 90.2 Å². The Morgan fingerprint density at radius 1 is 1.02 bits per heavy atom. The zero-order valence-corrected chi connectivity index (χ0v) is 24.9. The minimum atomic E-state index is -0.540. The van der Waals surface area contributed by atoms with Crippen LogP contribution >= 0.6 is 0 Å². The average molecular weight is 554 g/mol. The van der Waals surface area contributed by atoms with Gasteiger partial charge in [-0.05, 0) is 106 Å². The van der Waals surface area contributed by atoms with Gasteiger partial charge in [0.2, 0.25) is 0 Å². The SMILES string of the molecule is COCC[C@]12CC[C@@](C)(O)C[C@@H]1CC[C@H]1[C@@H]3CC[C@H](C(=O)Cn4nnc5c(OC)cc(OC)cc54)[C@@]3(C)CC[C@@H]12. The molecule has 8 heteroatoms. The van der Waals surface area contributed by atoms with E-state index in [0.717, 1.165) is 57.1 Å². The molecule has 0 unspecified atom stereocenters. The number of aromatic nitrogens is 3. The van der Waals surface area contributed by atoms with Gasteiger partial charge in [-0.25, -0.2) is 4.68 Å². The lowest BCUT2D eigenvalue weighted by atomic mass is 9.42. The number of rotatable bonds is 8. The zero-order chi connectivity index (χ0) is 28.3. The number of fused-ring (bicyclic) bond motifs is 6. The first-order chi connectivity index (χ1) is 19.2. The molecule has 8 nitrogen and oxygen atoms in total. The molecule has 1 N–H and O–H groups in total. The van der Waals surface area contributed by atoms with Gasteiger partial charge in [-0.1, -0.05) is 12.1 Å². The van der Waals surface area contributed by atoms with E-state index in [2.05, 4.69) is 17.2 Å². The number of Topliss-reactive ketones (excluding diaryl/α,β-unsaturated/α-hetero) is 1. The fourth-order valence-corrected chi connectivity index (χ4v) is 10.2. The highest BCUT2D eigenvalue weighted by atomic mass is 16.5. The molecule has 6 rings (SSSR count). The van der Waals surface area contributed by atoms with Crippen LogP contribution in [0.3, 0.4) is 0 Å². The smallest absolute Gasteiger partial charge is 0.157 e.